The van der Waals surface area contributed by atoms with Crippen molar-refractivity contribution >= 4 is 13.5 Å². The third kappa shape index (κ3) is 4.49. The molecule has 0 aliphatic heterocycles. The van der Waals surface area contributed by atoms with Crippen LogP contribution in [0.2, 0.25) is 0 Å². The summed E-state index contributed by atoms with van der Waals surface area (Å²) in [5, 5.41) is 0. The van der Waals surface area contributed by atoms with Crippen molar-refractivity contribution in [2.24, 2.45) is 0 Å². The molecule has 0 heterocycles. The van der Waals surface area contributed by atoms with Crippen LogP contribution in [-0.4, -0.2) is 12.3 Å². The van der Waals surface area contributed by atoms with Crippen LogP contribution in [0.5, 0.6) is 0 Å². The standard InChI is InChI=1S/C15H23P/c1-4-11-16(12-5-2)13-14(3)15-9-7-6-8-10-15/h6-10,13H,4-5,11-12H2,1-3H3. The van der Waals surface area contributed by atoms with Gasteiger partial charge in [0.05, 0.1) is 0 Å². The molecule has 1 aromatic carbocycles. The Morgan fingerprint density at radius 3 is 2.12 bits per heavy atom. The Morgan fingerprint density at radius 1 is 1.06 bits per heavy atom. The normalized spacial score (nSPS) is 12.1. The number of hydrogen-bond donors (Lipinski definition) is 0. The number of allylic oxidation sites excluding steroid dienone is 1. The van der Waals surface area contributed by atoms with E-state index in [4.69, 9.17) is 0 Å². The van der Waals surface area contributed by atoms with E-state index in [9.17, 15) is 0 Å². The lowest BCUT2D eigenvalue weighted by atomic mass is 10.1. The van der Waals surface area contributed by atoms with Crippen molar-refractivity contribution < 1.29 is 0 Å². The molecule has 0 unspecified atom stereocenters. The highest BCUT2D eigenvalue weighted by Crippen LogP contribution is 2.41. The van der Waals surface area contributed by atoms with Crippen molar-refractivity contribution in [2.45, 2.75) is 33.6 Å². The predicted octanol–water partition coefficient (Wildman–Crippen LogP) is 5.35. The topological polar surface area (TPSA) is 0 Å². The molecule has 16 heavy (non-hydrogen) atoms. The van der Waals surface area contributed by atoms with E-state index in [-0.39, 0.29) is 7.92 Å². The van der Waals surface area contributed by atoms with E-state index in [0.717, 1.165) is 0 Å². The molecule has 0 nitrogen and oxygen atoms in total. The van der Waals surface area contributed by atoms with Crippen molar-refractivity contribution in [1.82, 2.24) is 0 Å². The van der Waals surface area contributed by atoms with Gasteiger partial charge in [0.25, 0.3) is 0 Å². The minimum absolute atomic E-state index is 0.114. The van der Waals surface area contributed by atoms with E-state index >= 15 is 0 Å². The van der Waals surface area contributed by atoms with Crippen LogP contribution >= 0.6 is 7.92 Å². The SMILES string of the molecule is CCCP(C=C(C)c1ccccc1)CCC. The van der Waals surface area contributed by atoms with Crippen LogP contribution in [0.15, 0.2) is 36.1 Å². The molecule has 1 rings (SSSR count). The highest BCUT2D eigenvalue weighted by atomic mass is 31.1. The molecule has 0 aromatic heterocycles. The molecule has 88 valence electrons. The van der Waals surface area contributed by atoms with Gasteiger partial charge in [0.1, 0.15) is 0 Å². The van der Waals surface area contributed by atoms with E-state index in [1.165, 1.54) is 36.3 Å². The lowest BCUT2D eigenvalue weighted by Gasteiger charge is -2.13. The quantitative estimate of drug-likeness (QED) is 0.582. The Balaban J connectivity index is 2.72. The first-order valence-corrected chi connectivity index (χ1v) is 8.04. The lowest BCUT2D eigenvalue weighted by Crippen LogP contribution is -1.87. The first kappa shape index (κ1) is 13.5. The van der Waals surface area contributed by atoms with Gasteiger partial charge < -0.3 is 0 Å². The van der Waals surface area contributed by atoms with Crippen molar-refractivity contribution in [1.29, 1.82) is 0 Å². The zero-order valence-electron chi connectivity index (χ0n) is 10.7. The molecule has 0 saturated heterocycles. The fourth-order valence-corrected chi connectivity index (χ4v) is 4.19. The molecule has 0 aliphatic rings. The molecule has 0 spiro atoms. The molecule has 0 saturated carbocycles. The van der Waals surface area contributed by atoms with Gasteiger partial charge in [-0.3, -0.25) is 0 Å². The molecule has 0 amide bonds. The maximum atomic E-state index is 2.53. The van der Waals surface area contributed by atoms with Gasteiger partial charge in [0, 0.05) is 0 Å². The van der Waals surface area contributed by atoms with Crippen molar-refractivity contribution in [2.75, 3.05) is 12.3 Å². The van der Waals surface area contributed by atoms with E-state index in [0.29, 0.717) is 0 Å². The molecular weight excluding hydrogens is 211 g/mol. The van der Waals surface area contributed by atoms with E-state index in [2.05, 4.69) is 56.9 Å². The molecule has 0 N–H and O–H groups in total. The maximum absolute atomic E-state index is 2.53. The zero-order chi connectivity index (χ0) is 11.8. The third-order valence-corrected chi connectivity index (χ3v) is 5.42. The van der Waals surface area contributed by atoms with Crippen LogP contribution in [0.3, 0.4) is 0 Å². The minimum atomic E-state index is 0.114. The summed E-state index contributed by atoms with van der Waals surface area (Å²) < 4.78 is 0. The van der Waals surface area contributed by atoms with Crippen molar-refractivity contribution in [3.63, 3.8) is 0 Å². The third-order valence-electron chi connectivity index (χ3n) is 2.63. The zero-order valence-corrected chi connectivity index (χ0v) is 11.6. The largest absolute Gasteiger partial charge is 0.0830 e. The van der Waals surface area contributed by atoms with E-state index in [1.54, 1.807) is 0 Å². The Kier molecular flexibility index (Phi) is 6.42. The average Bonchev–Trinajstić information content (AvgIpc) is 2.31. The van der Waals surface area contributed by atoms with Gasteiger partial charge in [-0.2, -0.15) is 0 Å². The first-order chi connectivity index (χ1) is 7.77. The second-order valence-corrected chi connectivity index (χ2v) is 6.54. The minimum Gasteiger partial charge on any atom is -0.0830 e. The van der Waals surface area contributed by atoms with Crippen LogP contribution in [-0.2, 0) is 0 Å². The highest BCUT2D eigenvalue weighted by molar-refractivity contribution is 7.61. The Bertz CT molecular complexity index is 307. The van der Waals surface area contributed by atoms with Gasteiger partial charge in [-0.1, -0.05) is 70.8 Å². The van der Waals surface area contributed by atoms with Crippen molar-refractivity contribution in [3.05, 3.63) is 41.7 Å². The number of benzene rings is 1. The van der Waals surface area contributed by atoms with Crippen LogP contribution in [0.4, 0.5) is 0 Å². The van der Waals surface area contributed by atoms with Gasteiger partial charge in [-0.25, -0.2) is 0 Å². The van der Waals surface area contributed by atoms with Gasteiger partial charge >= 0.3 is 0 Å². The molecule has 1 heteroatoms. The lowest BCUT2D eigenvalue weighted by molar-refractivity contribution is 1.06. The fraction of sp³-hybridized carbons (Fsp3) is 0.467. The molecule has 0 atom stereocenters. The van der Waals surface area contributed by atoms with Gasteiger partial charge in [-0.15, -0.1) is 0 Å². The molecule has 0 radical (unpaired) electrons. The number of hydrogen-bond acceptors (Lipinski definition) is 0. The van der Waals surface area contributed by atoms with Crippen molar-refractivity contribution in [3.8, 4) is 0 Å². The summed E-state index contributed by atoms with van der Waals surface area (Å²) in [5.41, 5.74) is 2.83. The summed E-state index contributed by atoms with van der Waals surface area (Å²) in [6.07, 6.45) is 5.38. The average molecular weight is 234 g/mol. The highest BCUT2D eigenvalue weighted by Gasteiger charge is 2.03. The second kappa shape index (κ2) is 7.63. The Hall–Kier alpha value is -0.610. The van der Waals surface area contributed by atoms with Crippen LogP contribution in [0.1, 0.15) is 39.2 Å². The summed E-state index contributed by atoms with van der Waals surface area (Å²) in [5.74, 6) is 2.53. The molecule has 0 fully saturated rings. The summed E-state index contributed by atoms with van der Waals surface area (Å²) in [4.78, 5) is 0. The second-order valence-electron chi connectivity index (χ2n) is 4.21. The van der Waals surface area contributed by atoms with Crippen LogP contribution < -0.4 is 0 Å². The summed E-state index contributed by atoms with van der Waals surface area (Å²) in [6.45, 7) is 6.82. The smallest absolute Gasteiger partial charge is 0.0227 e. The fourth-order valence-electron chi connectivity index (χ4n) is 1.86. The Morgan fingerprint density at radius 2 is 1.62 bits per heavy atom. The molecule has 1 aromatic rings. The van der Waals surface area contributed by atoms with Crippen LogP contribution in [0, 0.1) is 0 Å². The van der Waals surface area contributed by atoms with Gasteiger partial charge in [-0.05, 0) is 30.4 Å². The predicted molar refractivity (Wildman–Crippen MR) is 77.3 cm³/mol. The monoisotopic (exact) mass is 234 g/mol. The summed E-state index contributed by atoms with van der Waals surface area (Å²) in [6, 6.07) is 10.7. The van der Waals surface area contributed by atoms with E-state index < -0.39 is 0 Å². The molecule has 0 bridgehead atoms. The number of rotatable bonds is 6. The summed E-state index contributed by atoms with van der Waals surface area (Å²) in [7, 11) is 0.114. The maximum Gasteiger partial charge on any atom is -0.0227 e. The Labute approximate surface area is 102 Å². The first-order valence-electron chi connectivity index (χ1n) is 6.25. The molecular formula is C15H23P. The summed E-state index contributed by atoms with van der Waals surface area (Å²) >= 11 is 0. The van der Waals surface area contributed by atoms with Gasteiger partial charge in [0.15, 0.2) is 0 Å². The van der Waals surface area contributed by atoms with Gasteiger partial charge in [0.2, 0.25) is 0 Å². The van der Waals surface area contributed by atoms with Crippen LogP contribution in [0.25, 0.3) is 5.57 Å². The van der Waals surface area contributed by atoms with E-state index in [1.807, 2.05) is 0 Å². The molecule has 0 aliphatic carbocycles.